The lowest BCUT2D eigenvalue weighted by molar-refractivity contribution is -0.143. The second kappa shape index (κ2) is 5.81. The number of benzene rings is 1. The van der Waals surface area contributed by atoms with Crippen LogP contribution in [0.3, 0.4) is 0 Å². The van der Waals surface area contributed by atoms with Gasteiger partial charge in [-0.2, -0.15) is 0 Å². The Kier molecular flexibility index (Phi) is 4.13. The molecule has 0 amide bonds. The Balaban J connectivity index is 2.26. The Morgan fingerprint density at radius 2 is 1.84 bits per heavy atom. The number of carboxylic acids is 2. The molecule has 0 aliphatic carbocycles. The van der Waals surface area contributed by atoms with Crippen LogP contribution in [0.15, 0.2) is 24.3 Å². The van der Waals surface area contributed by atoms with Gasteiger partial charge in [-0.25, -0.2) is 0 Å². The second-order valence-corrected chi connectivity index (χ2v) is 4.42. The van der Waals surface area contributed by atoms with Crippen molar-refractivity contribution >= 4 is 11.9 Å². The van der Waals surface area contributed by atoms with Crippen molar-refractivity contribution in [3.8, 4) is 0 Å². The largest absolute Gasteiger partial charge is 0.480 e. The number of carbonyl (C=O) groups is 2. The highest BCUT2D eigenvalue weighted by molar-refractivity contribution is 5.72. The van der Waals surface area contributed by atoms with Gasteiger partial charge in [0, 0.05) is 0 Å². The summed E-state index contributed by atoms with van der Waals surface area (Å²) in [5.74, 6) is -2.10. The molecule has 19 heavy (non-hydrogen) atoms. The Labute approximate surface area is 110 Å². The molecule has 0 saturated heterocycles. The molecule has 1 aliphatic heterocycles. The van der Waals surface area contributed by atoms with Crippen molar-refractivity contribution in [1.29, 1.82) is 0 Å². The molecule has 6 heteroatoms. The smallest absolute Gasteiger partial charge is 0.317 e. The van der Waals surface area contributed by atoms with Gasteiger partial charge in [0.2, 0.25) is 0 Å². The van der Waals surface area contributed by atoms with E-state index >= 15 is 0 Å². The Morgan fingerprint density at radius 3 is 2.47 bits per heavy atom. The number of hydrogen-bond acceptors (Lipinski definition) is 4. The highest BCUT2D eigenvalue weighted by Crippen LogP contribution is 2.29. The summed E-state index contributed by atoms with van der Waals surface area (Å²) >= 11 is 0. The minimum Gasteiger partial charge on any atom is -0.480 e. The third kappa shape index (κ3) is 3.30. The summed E-state index contributed by atoms with van der Waals surface area (Å²) in [5, 5.41) is 17.8. The topological polar surface area (TPSA) is 87.1 Å². The lowest BCUT2D eigenvalue weighted by Gasteiger charge is -2.33. The van der Waals surface area contributed by atoms with Crippen LogP contribution in [-0.2, 0) is 20.9 Å². The van der Waals surface area contributed by atoms with Crippen molar-refractivity contribution < 1.29 is 24.5 Å². The monoisotopic (exact) mass is 265 g/mol. The summed E-state index contributed by atoms with van der Waals surface area (Å²) in [5.41, 5.74) is 1.91. The lowest BCUT2D eigenvalue weighted by atomic mass is 9.98. The molecule has 0 saturated carbocycles. The van der Waals surface area contributed by atoms with Crippen molar-refractivity contribution in [3.05, 3.63) is 35.4 Å². The third-order valence-electron chi connectivity index (χ3n) is 3.06. The molecule has 2 N–H and O–H groups in total. The summed E-state index contributed by atoms with van der Waals surface area (Å²) in [7, 11) is 0. The van der Waals surface area contributed by atoms with Gasteiger partial charge >= 0.3 is 11.9 Å². The quantitative estimate of drug-likeness (QED) is 0.816. The van der Waals surface area contributed by atoms with Crippen molar-refractivity contribution in [2.24, 2.45) is 0 Å². The number of ether oxygens (including phenoxy) is 1. The predicted molar refractivity (Wildman–Crippen MR) is 65.7 cm³/mol. The van der Waals surface area contributed by atoms with E-state index in [0.29, 0.717) is 13.2 Å². The zero-order chi connectivity index (χ0) is 13.8. The van der Waals surface area contributed by atoms with Crippen LogP contribution >= 0.6 is 0 Å². The highest BCUT2D eigenvalue weighted by Gasteiger charge is 2.29. The van der Waals surface area contributed by atoms with Gasteiger partial charge in [0.15, 0.2) is 0 Å². The number of fused-ring (bicyclic) bond motifs is 1. The van der Waals surface area contributed by atoms with Crippen LogP contribution in [0.4, 0.5) is 0 Å². The molecule has 1 unspecified atom stereocenters. The van der Waals surface area contributed by atoms with Gasteiger partial charge in [-0.1, -0.05) is 24.3 Å². The zero-order valence-corrected chi connectivity index (χ0v) is 10.3. The molecule has 6 nitrogen and oxygen atoms in total. The first-order valence-corrected chi connectivity index (χ1v) is 5.91. The molecule has 1 aromatic carbocycles. The molecule has 2 rings (SSSR count). The summed E-state index contributed by atoms with van der Waals surface area (Å²) < 4.78 is 5.43. The molecule has 1 heterocycles. The predicted octanol–water partition coefficient (Wildman–Crippen LogP) is 0.729. The molecule has 0 aromatic heterocycles. The fraction of sp³-hybridized carbons (Fsp3) is 0.385. The Hall–Kier alpha value is -1.92. The lowest BCUT2D eigenvalue weighted by Crippen LogP contribution is -2.41. The minimum absolute atomic E-state index is 0.303. The number of nitrogens with zero attached hydrogens (tertiary/aromatic N) is 1. The molecule has 1 atom stereocenters. The third-order valence-corrected chi connectivity index (χ3v) is 3.06. The molecule has 1 aliphatic rings. The summed E-state index contributed by atoms with van der Waals surface area (Å²) in [6, 6.07) is 7.19. The van der Waals surface area contributed by atoms with Gasteiger partial charge in [0.05, 0.1) is 32.3 Å². The van der Waals surface area contributed by atoms with Crippen LogP contribution in [0.2, 0.25) is 0 Å². The van der Waals surface area contributed by atoms with Gasteiger partial charge in [0.1, 0.15) is 0 Å². The standard InChI is InChI=1S/C13H15NO5/c15-12(16)5-14(6-13(17)18)11-8-19-7-9-3-1-2-4-10(9)11/h1-4,11H,5-8H2,(H,15,16)(H,17,18). The fourth-order valence-electron chi connectivity index (χ4n) is 2.29. The van der Waals surface area contributed by atoms with Gasteiger partial charge in [-0.05, 0) is 11.1 Å². The average molecular weight is 265 g/mol. The highest BCUT2D eigenvalue weighted by atomic mass is 16.5. The van der Waals surface area contributed by atoms with Crippen molar-refractivity contribution in [1.82, 2.24) is 4.90 Å². The van der Waals surface area contributed by atoms with Gasteiger partial charge in [-0.15, -0.1) is 0 Å². The molecule has 1 aromatic rings. The first-order valence-electron chi connectivity index (χ1n) is 5.91. The SMILES string of the molecule is O=C(O)CN(CC(=O)O)C1COCc2ccccc21. The zero-order valence-electron chi connectivity index (χ0n) is 10.3. The van der Waals surface area contributed by atoms with Crippen LogP contribution in [-0.4, -0.2) is 46.7 Å². The molecule has 0 spiro atoms. The number of hydrogen-bond donors (Lipinski definition) is 2. The number of aliphatic carboxylic acids is 2. The van der Waals surface area contributed by atoms with E-state index in [1.165, 1.54) is 4.90 Å². The number of rotatable bonds is 5. The number of carboxylic acid groups (broad SMARTS) is 2. The normalized spacial score (nSPS) is 18.1. The first-order chi connectivity index (χ1) is 9.08. The van der Waals surface area contributed by atoms with Gasteiger partial charge in [-0.3, -0.25) is 14.5 Å². The van der Waals surface area contributed by atoms with E-state index in [2.05, 4.69) is 0 Å². The van der Waals surface area contributed by atoms with Crippen molar-refractivity contribution in [2.75, 3.05) is 19.7 Å². The van der Waals surface area contributed by atoms with E-state index < -0.39 is 11.9 Å². The van der Waals surface area contributed by atoms with Crippen molar-refractivity contribution in [2.45, 2.75) is 12.6 Å². The van der Waals surface area contributed by atoms with E-state index in [9.17, 15) is 9.59 Å². The van der Waals surface area contributed by atoms with E-state index in [4.69, 9.17) is 14.9 Å². The van der Waals surface area contributed by atoms with Crippen LogP contribution in [0, 0.1) is 0 Å². The Bertz CT molecular complexity index is 472. The fourth-order valence-corrected chi connectivity index (χ4v) is 2.29. The second-order valence-electron chi connectivity index (χ2n) is 4.42. The van der Waals surface area contributed by atoms with Crippen LogP contribution < -0.4 is 0 Å². The molecule has 0 radical (unpaired) electrons. The molecule has 0 fully saturated rings. The summed E-state index contributed by atoms with van der Waals surface area (Å²) in [4.78, 5) is 23.1. The molecular weight excluding hydrogens is 250 g/mol. The van der Waals surface area contributed by atoms with Gasteiger partial charge < -0.3 is 14.9 Å². The maximum absolute atomic E-state index is 10.9. The minimum atomic E-state index is -1.05. The molecular formula is C13H15NO5. The van der Waals surface area contributed by atoms with Gasteiger partial charge in [0.25, 0.3) is 0 Å². The van der Waals surface area contributed by atoms with E-state index in [1.54, 1.807) is 0 Å². The summed E-state index contributed by atoms with van der Waals surface area (Å²) in [6.45, 7) is 0.127. The van der Waals surface area contributed by atoms with E-state index in [-0.39, 0.29) is 19.1 Å². The first kappa shape index (κ1) is 13.5. The van der Waals surface area contributed by atoms with E-state index in [0.717, 1.165) is 11.1 Å². The average Bonchev–Trinajstić information content (AvgIpc) is 2.36. The van der Waals surface area contributed by atoms with Crippen molar-refractivity contribution in [3.63, 3.8) is 0 Å². The maximum atomic E-state index is 10.9. The Morgan fingerprint density at radius 1 is 1.21 bits per heavy atom. The van der Waals surface area contributed by atoms with Crippen LogP contribution in [0.5, 0.6) is 0 Å². The maximum Gasteiger partial charge on any atom is 0.317 e. The van der Waals surface area contributed by atoms with E-state index in [1.807, 2.05) is 24.3 Å². The molecule has 0 bridgehead atoms. The molecule has 102 valence electrons. The van der Waals surface area contributed by atoms with Crippen LogP contribution in [0.25, 0.3) is 0 Å². The summed E-state index contributed by atoms with van der Waals surface area (Å²) in [6.07, 6.45) is 0. The van der Waals surface area contributed by atoms with Crippen LogP contribution in [0.1, 0.15) is 17.2 Å².